The number of rotatable bonds is 4. The van der Waals surface area contributed by atoms with Crippen molar-refractivity contribution in [2.45, 2.75) is 13.5 Å². The average molecular weight is 299 g/mol. The molecular formula is C15H13N3O2S. The molecule has 0 fully saturated rings. The van der Waals surface area contributed by atoms with Gasteiger partial charge < -0.3 is 10.4 Å². The van der Waals surface area contributed by atoms with Crippen LogP contribution < -0.4 is 5.32 Å². The molecule has 5 nitrogen and oxygen atoms in total. The van der Waals surface area contributed by atoms with Gasteiger partial charge in [0.1, 0.15) is 11.4 Å². The quantitative estimate of drug-likeness (QED) is 0.773. The molecule has 0 aliphatic heterocycles. The lowest BCUT2D eigenvalue weighted by molar-refractivity contribution is 0.0697. The zero-order valence-corrected chi connectivity index (χ0v) is 12.1. The summed E-state index contributed by atoms with van der Waals surface area (Å²) in [6.45, 7) is 2.45. The van der Waals surface area contributed by atoms with Crippen molar-refractivity contribution in [1.82, 2.24) is 9.97 Å². The lowest BCUT2D eigenvalue weighted by atomic mass is 10.1. The van der Waals surface area contributed by atoms with Crippen LogP contribution in [0.15, 0.2) is 36.5 Å². The highest BCUT2D eigenvalue weighted by molar-refractivity contribution is 7.11. The highest BCUT2D eigenvalue weighted by Gasteiger charge is 2.13. The molecule has 0 saturated carbocycles. The Balaban J connectivity index is 1.95. The van der Waals surface area contributed by atoms with Gasteiger partial charge in [-0.2, -0.15) is 0 Å². The third kappa shape index (κ3) is 2.85. The van der Waals surface area contributed by atoms with Crippen LogP contribution in [0.5, 0.6) is 0 Å². The molecule has 2 heterocycles. The lowest BCUT2D eigenvalue weighted by Gasteiger charge is -2.09. The first-order valence-corrected chi connectivity index (χ1v) is 7.23. The van der Waals surface area contributed by atoms with E-state index in [2.05, 4.69) is 15.3 Å². The summed E-state index contributed by atoms with van der Waals surface area (Å²) in [5, 5.41) is 14.2. The number of pyridine rings is 1. The van der Waals surface area contributed by atoms with Crippen molar-refractivity contribution in [2.24, 2.45) is 0 Å². The van der Waals surface area contributed by atoms with E-state index >= 15 is 0 Å². The van der Waals surface area contributed by atoms with E-state index in [0.717, 1.165) is 20.8 Å². The molecule has 0 aliphatic carbocycles. The number of aryl methyl sites for hydroxylation is 1. The molecule has 0 aliphatic rings. The van der Waals surface area contributed by atoms with E-state index in [1.807, 2.05) is 31.2 Å². The van der Waals surface area contributed by atoms with Gasteiger partial charge in [-0.1, -0.05) is 18.2 Å². The van der Waals surface area contributed by atoms with Gasteiger partial charge in [-0.25, -0.2) is 14.8 Å². The molecule has 0 amide bonds. The van der Waals surface area contributed by atoms with Crippen LogP contribution in [0.2, 0.25) is 0 Å². The molecule has 0 radical (unpaired) electrons. The number of para-hydroxylation sites is 1. The van der Waals surface area contributed by atoms with Crippen molar-refractivity contribution >= 4 is 34.0 Å². The molecule has 0 unspecified atom stereocenters. The second kappa shape index (κ2) is 5.49. The van der Waals surface area contributed by atoms with Crippen LogP contribution in [0.4, 0.5) is 5.82 Å². The molecule has 106 valence electrons. The van der Waals surface area contributed by atoms with Gasteiger partial charge in [-0.3, -0.25) is 0 Å². The summed E-state index contributed by atoms with van der Waals surface area (Å²) in [5.74, 6) is -0.608. The van der Waals surface area contributed by atoms with Crippen molar-refractivity contribution in [3.63, 3.8) is 0 Å². The highest BCUT2D eigenvalue weighted by atomic mass is 32.1. The number of thiazole rings is 1. The topological polar surface area (TPSA) is 75.1 Å². The van der Waals surface area contributed by atoms with Gasteiger partial charge in [-0.15, -0.1) is 11.3 Å². The first-order valence-electron chi connectivity index (χ1n) is 6.42. The van der Waals surface area contributed by atoms with Crippen LogP contribution in [0.1, 0.15) is 20.2 Å². The number of benzene rings is 1. The number of carboxylic acid groups (broad SMARTS) is 1. The molecule has 0 bridgehead atoms. The highest BCUT2D eigenvalue weighted by Crippen LogP contribution is 2.22. The maximum Gasteiger partial charge on any atom is 0.339 e. The van der Waals surface area contributed by atoms with Gasteiger partial charge in [0, 0.05) is 16.5 Å². The second-order valence-electron chi connectivity index (χ2n) is 4.58. The van der Waals surface area contributed by atoms with Crippen molar-refractivity contribution < 1.29 is 9.90 Å². The minimum atomic E-state index is -0.990. The summed E-state index contributed by atoms with van der Waals surface area (Å²) in [7, 11) is 0. The molecule has 3 aromatic rings. The summed E-state index contributed by atoms with van der Waals surface area (Å²) < 4.78 is 0. The number of aromatic nitrogens is 2. The number of hydrogen-bond donors (Lipinski definition) is 2. The largest absolute Gasteiger partial charge is 0.478 e. The summed E-state index contributed by atoms with van der Waals surface area (Å²) in [5.41, 5.74) is 0.945. The molecule has 2 aromatic heterocycles. The fourth-order valence-electron chi connectivity index (χ4n) is 2.07. The standard InChI is InChI=1S/C15H13N3O2S/c1-9-16-7-11(21-9)8-17-14-12(15(19)20)6-10-4-2-3-5-13(10)18-14/h2-7H,8H2,1H3,(H,17,18)(H,19,20). The molecule has 2 N–H and O–H groups in total. The number of aromatic carboxylic acids is 1. The monoisotopic (exact) mass is 299 g/mol. The fourth-order valence-corrected chi connectivity index (χ4v) is 2.81. The second-order valence-corrected chi connectivity index (χ2v) is 5.90. The zero-order chi connectivity index (χ0) is 14.8. The normalized spacial score (nSPS) is 10.7. The van der Waals surface area contributed by atoms with Gasteiger partial charge in [0.15, 0.2) is 0 Å². The van der Waals surface area contributed by atoms with Crippen molar-refractivity contribution in [3.8, 4) is 0 Å². The van der Waals surface area contributed by atoms with E-state index in [0.29, 0.717) is 12.4 Å². The summed E-state index contributed by atoms with van der Waals surface area (Å²) in [6, 6.07) is 9.11. The number of nitrogens with zero attached hydrogens (tertiary/aromatic N) is 2. The Bertz CT molecular complexity index is 814. The Morgan fingerprint density at radius 3 is 2.90 bits per heavy atom. The third-order valence-electron chi connectivity index (χ3n) is 3.05. The number of fused-ring (bicyclic) bond motifs is 1. The van der Waals surface area contributed by atoms with Crippen LogP contribution >= 0.6 is 11.3 Å². The van der Waals surface area contributed by atoms with Crippen LogP contribution in [0.25, 0.3) is 10.9 Å². The Kier molecular flexibility index (Phi) is 3.53. The maximum absolute atomic E-state index is 11.4. The Morgan fingerprint density at radius 2 is 2.19 bits per heavy atom. The van der Waals surface area contributed by atoms with Gasteiger partial charge >= 0.3 is 5.97 Å². The van der Waals surface area contributed by atoms with Gasteiger partial charge in [0.05, 0.1) is 17.1 Å². The lowest BCUT2D eigenvalue weighted by Crippen LogP contribution is -2.08. The van der Waals surface area contributed by atoms with Crippen LogP contribution in [0.3, 0.4) is 0 Å². The molecule has 0 spiro atoms. The number of anilines is 1. The van der Waals surface area contributed by atoms with E-state index < -0.39 is 5.97 Å². The van der Waals surface area contributed by atoms with Crippen LogP contribution in [-0.4, -0.2) is 21.0 Å². The molecule has 3 rings (SSSR count). The van der Waals surface area contributed by atoms with E-state index in [-0.39, 0.29) is 5.56 Å². The predicted molar refractivity (Wildman–Crippen MR) is 82.9 cm³/mol. The van der Waals surface area contributed by atoms with E-state index in [4.69, 9.17) is 0 Å². The van der Waals surface area contributed by atoms with E-state index in [1.165, 1.54) is 0 Å². The summed E-state index contributed by atoms with van der Waals surface area (Å²) in [4.78, 5) is 21.0. The zero-order valence-electron chi connectivity index (χ0n) is 11.3. The smallest absolute Gasteiger partial charge is 0.339 e. The van der Waals surface area contributed by atoms with Crippen molar-refractivity contribution in [2.75, 3.05) is 5.32 Å². The fraction of sp³-hybridized carbons (Fsp3) is 0.133. The van der Waals surface area contributed by atoms with Crippen LogP contribution in [0, 0.1) is 6.92 Å². The predicted octanol–water partition coefficient (Wildman–Crippen LogP) is 3.31. The van der Waals surface area contributed by atoms with Gasteiger partial charge in [0.2, 0.25) is 0 Å². The Labute approximate surface area is 125 Å². The molecule has 1 aromatic carbocycles. The van der Waals surface area contributed by atoms with Crippen molar-refractivity contribution in [3.05, 3.63) is 52.0 Å². The molecule has 0 atom stereocenters. The SMILES string of the molecule is Cc1ncc(CNc2nc3ccccc3cc2C(=O)O)s1. The van der Waals surface area contributed by atoms with Crippen LogP contribution in [-0.2, 0) is 6.54 Å². The minimum Gasteiger partial charge on any atom is -0.478 e. The molecule has 0 saturated heterocycles. The number of carboxylic acids is 1. The van der Waals surface area contributed by atoms with Gasteiger partial charge in [-0.05, 0) is 19.1 Å². The molecule has 6 heteroatoms. The van der Waals surface area contributed by atoms with Crippen molar-refractivity contribution in [1.29, 1.82) is 0 Å². The molecular weight excluding hydrogens is 286 g/mol. The van der Waals surface area contributed by atoms with Gasteiger partial charge in [0.25, 0.3) is 0 Å². The number of hydrogen-bond acceptors (Lipinski definition) is 5. The number of nitrogens with one attached hydrogen (secondary N) is 1. The van der Waals surface area contributed by atoms with E-state index in [9.17, 15) is 9.90 Å². The Morgan fingerprint density at radius 1 is 1.38 bits per heavy atom. The third-order valence-corrected chi connectivity index (χ3v) is 3.97. The molecule has 21 heavy (non-hydrogen) atoms. The Hall–Kier alpha value is -2.47. The van der Waals surface area contributed by atoms with E-state index in [1.54, 1.807) is 23.6 Å². The first kappa shape index (κ1) is 13.5. The summed E-state index contributed by atoms with van der Waals surface area (Å²) >= 11 is 1.58. The number of carbonyl (C=O) groups is 1. The summed E-state index contributed by atoms with van der Waals surface area (Å²) in [6.07, 6.45) is 1.79. The minimum absolute atomic E-state index is 0.176. The first-order chi connectivity index (χ1) is 10.1. The average Bonchev–Trinajstić information content (AvgIpc) is 2.89. The maximum atomic E-state index is 11.4.